The molecule has 16 heavy (non-hydrogen) atoms. The van der Waals surface area contributed by atoms with Gasteiger partial charge in [-0.05, 0) is 31.8 Å². The molecule has 0 amide bonds. The van der Waals surface area contributed by atoms with Crippen LogP contribution in [0.5, 0.6) is 0 Å². The highest BCUT2D eigenvalue weighted by Gasteiger charge is 2.41. The van der Waals surface area contributed by atoms with Gasteiger partial charge < -0.3 is 14.8 Å². The number of likely N-dealkylation sites (N-methyl/N-ethyl adjacent to an activating group) is 1. The molecule has 1 aromatic rings. The zero-order valence-electron chi connectivity index (χ0n) is 9.81. The predicted molar refractivity (Wildman–Crippen MR) is 65.8 cm³/mol. The van der Waals surface area contributed by atoms with Crippen molar-refractivity contribution in [2.75, 3.05) is 13.7 Å². The van der Waals surface area contributed by atoms with Gasteiger partial charge in [0.2, 0.25) is 0 Å². The average Bonchev–Trinajstić information content (AvgIpc) is 2.78. The molecule has 0 aromatic carbocycles. The Morgan fingerprint density at radius 1 is 1.50 bits per heavy atom. The van der Waals surface area contributed by atoms with Crippen LogP contribution in [0.25, 0.3) is 0 Å². The first-order chi connectivity index (χ1) is 7.85. The minimum atomic E-state index is 0.218. The molecule has 1 fully saturated rings. The molecular formula is C12H19NO2S. The van der Waals surface area contributed by atoms with E-state index >= 15 is 0 Å². The summed E-state index contributed by atoms with van der Waals surface area (Å²) >= 11 is 1.74. The summed E-state index contributed by atoms with van der Waals surface area (Å²) in [7, 11) is 1.98. The van der Waals surface area contributed by atoms with Gasteiger partial charge >= 0.3 is 0 Å². The Hall–Kier alpha value is -0.420. The lowest BCUT2D eigenvalue weighted by atomic mass is 9.85. The molecule has 3 unspecified atom stereocenters. The van der Waals surface area contributed by atoms with E-state index in [2.05, 4.69) is 22.8 Å². The van der Waals surface area contributed by atoms with Crippen molar-refractivity contribution in [1.29, 1.82) is 0 Å². The van der Waals surface area contributed by atoms with E-state index in [4.69, 9.17) is 9.47 Å². The maximum absolute atomic E-state index is 5.86. The summed E-state index contributed by atoms with van der Waals surface area (Å²) in [4.78, 5) is 1.28. The summed E-state index contributed by atoms with van der Waals surface area (Å²) < 4.78 is 11.5. The Labute approximate surface area is 101 Å². The molecule has 0 saturated heterocycles. The fourth-order valence-electron chi connectivity index (χ4n) is 2.03. The number of ether oxygens (including phenoxy) is 2. The lowest BCUT2D eigenvalue weighted by Gasteiger charge is -2.43. The standard InChI is InChI=1S/C12H19NO2S/c1-3-14-12-10(13-2)7-11(12)15-8-9-5-4-6-16-9/h4-6,10-13H,3,7-8H2,1-2H3. The molecule has 0 radical (unpaired) electrons. The monoisotopic (exact) mass is 241 g/mol. The van der Waals surface area contributed by atoms with Crippen LogP contribution in [-0.4, -0.2) is 31.9 Å². The fourth-order valence-corrected chi connectivity index (χ4v) is 2.65. The summed E-state index contributed by atoms with van der Waals surface area (Å²) in [5.41, 5.74) is 0. The largest absolute Gasteiger partial charge is 0.374 e. The summed E-state index contributed by atoms with van der Waals surface area (Å²) in [5.74, 6) is 0. The molecule has 0 bridgehead atoms. The lowest BCUT2D eigenvalue weighted by Crippen LogP contribution is -2.59. The van der Waals surface area contributed by atoms with Gasteiger partial charge in [-0.2, -0.15) is 0 Å². The SMILES string of the molecule is CCOC1C(NC)CC1OCc1cccs1. The van der Waals surface area contributed by atoms with Crippen molar-refractivity contribution in [2.24, 2.45) is 0 Å². The number of nitrogens with one attached hydrogen (secondary N) is 1. The van der Waals surface area contributed by atoms with Crippen molar-refractivity contribution in [3.63, 3.8) is 0 Å². The van der Waals surface area contributed by atoms with E-state index in [0.717, 1.165) is 13.0 Å². The third-order valence-corrected chi connectivity index (χ3v) is 3.85. The minimum Gasteiger partial charge on any atom is -0.374 e. The smallest absolute Gasteiger partial charge is 0.0990 e. The summed E-state index contributed by atoms with van der Waals surface area (Å²) in [5, 5.41) is 5.34. The Bertz CT molecular complexity index is 302. The van der Waals surface area contributed by atoms with Crippen LogP contribution in [0.1, 0.15) is 18.2 Å². The third-order valence-electron chi connectivity index (χ3n) is 3.00. The van der Waals surface area contributed by atoms with Crippen LogP contribution in [-0.2, 0) is 16.1 Å². The Morgan fingerprint density at radius 3 is 3.00 bits per heavy atom. The van der Waals surface area contributed by atoms with Crippen LogP contribution in [0.15, 0.2) is 17.5 Å². The number of hydrogen-bond donors (Lipinski definition) is 1. The minimum absolute atomic E-state index is 0.218. The first-order valence-corrected chi connectivity index (χ1v) is 6.66. The van der Waals surface area contributed by atoms with Gasteiger partial charge in [-0.1, -0.05) is 6.07 Å². The molecule has 1 aliphatic carbocycles. The first kappa shape index (κ1) is 12.0. The second kappa shape index (κ2) is 5.77. The molecular weight excluding hydrogens is 222 g/mol. The molecule has 90 valence electrons. The molecule has 0 aliphatic heterocycles. The normalized spacial score (nSPS) is 29.0. The fraction of sp³-hybridized carbons (Fsp3) is 0.667. The quantitative estimate of drug-likeness (QED) is 0.826. The molecule has 1 aromatic heterocycles. The molecule has 1 heterocycles. The first-order valence-electron chi connectivity index (χ1n) is 5.78. The highest BCUT2D eigenvalue weighted by Crippen LogP contribution is 2.28. The van der Waals surface area contributed by atoms with Crippen molar-refractivity contribution in [3.8, 4) is 0 Å². The highest BCUT2D eigenvalue weighted by molar-refractivity contribution is 7.09. The highest BCUT2D eigenvalue weighted by atomic mass is 32.1. The van der Waals surface area contributed by atoms with Gasteiger partial charge in [0.25, 0.3) is 0 Å². The van der Waals surface area contributed by atoms with Gasteiger partial charge in [-0.3, -0.25) is 0 Å². The van der Waals surface area contributed by atoms with E-state index in [1.807, 2.05) is 14.0 Å². The Kier molecular flexibility index (Phi) is 4.35. The van der Waals surface area contributed by atoms with Crippen LogP contribution < -0.4 is 5.32 Å². The van der Waals surface area contributed by atoms with Crippen LogP contribution in [0.2, 0.25) is 0 Å². The van der Waals surface area contributed by atoms with E-state index in [1.54, 1.807) is 11.3 Å². The van der Waals surface area contributed by atoms with Gasteiger partial charge in [0.1, 0.15) is 0 Å². The molecule has 1 N–H and O–H groups in total. The van der Waals surface area contributed by atoms with E-state index in [-0.39, 0.29) is 12.2 Å². The molecule has 3 atom stereocenters. The molecule has 1 saturated carbocycles. The van der Waals surface area contributed by atoms with Gasteiger partial charge in [-0.15, -0.1) is 11.3 Å². The number of hydrogen-bond acceptors (Lipinski definition) is 4. The lowest BCUT2D eigenvalue weighted by molar-refractivity contribution is -0.148. The van der Waals surface area contributed by atoms with Gasteiger partial charge in [0.05, 0.1) is 18.8 Å². The summed E-state index contributed by atoms with van der Waals surface area (Å²) in [6.07, 6.45) is 1.52. The van der Waals surface area contributed by atoms with Gasteiger partial charge in [-0.25, -0.2) is 0 Å². The zero-order valence-corrected chi connectivity index (χ0v) is 10.6. The predicted octanol–water partition coefficient (Wildman–Crippen LogP) is 2.03. The van der Waals surface area contributed by atoms with Crippen LogP contribution in [0.4, 0.5) is 0 Å². The second-order valence-electron chi connectivity index (χ2n) is 3.98. The zero-order chi connectivity index (χ0) is 11.4. The van der Waals surface area contributed by atoms with Crippen LogP contribution in [0, 0.1) is 0 Å². The molecule has 2 rings (SSSR count). The van der Waals surface area contributed by atoms with Crippen molar-refractivity contribution in [2.45, 2.75) is 38.2 Å². The van der Waals surface area contributed by atoms with E-state index in [1.165, 1.54) is 4.88 Å². The Morgan fingerprint density at radius 2 is 2.38 bits per heavy atom. The molecule has 0 spiro atoms. The van der Waals surface area contributed by atoms with Crippen molar-refractivity contribution >= 4 is 11.3 Å². The van der Waals surface area contributed by atoms with Gasteiger partial charge in [0, 0.05) is 17.5 Å². The molecule has 3 nitrogen and oxygen atoms in total. The van der Waals surface area contributed by atoms with Crippen molar-refractivity contribution in [3.05, 3.63) is 22.4 Å². The molecule has 4 heteroatoms. The average molecular weight is 241 g/mol. The van der Waals surface area contributed by atoms with E-state index in [9.17, 15) is 0 Å². The van der Waals surface area contributed by atoms with Crippen LogP contribution in [0.3, 0.4) is 0 Å². The summed E-state index contributed by atoms with van der Waals surface area (Å²) in [6.45, 7) is 3.49. The van der Waals surface area contributed by atoms with Crippen molar-refractivity contribution in [1.82, 2.24) is 5.32 Å². The van der Waals surface area contributed by atoms with E-state index < -0.39 is 0 Å². The van der Waals surface area contributed by atoms with Crippen LogP contribution >= 0.6 is 11.3 Å². The van der Waals surface area contributed by atoms with Gasteiger partial charge in [0.15, 0.2) is 0 Å². The Balaban J connectivity index is 1.77. The maximum Gasteiger partial charge on any atom is 0.0990 e. The maximum atomic E-state index is 5.86. The van der Waals surface area contributed by atoms with E-state index in [0.29, 0.717) is 12.6 Å². The number of thiophene rings is 1. The topological polar surface area (TPSA) is 30.5 Å². The number of rotatable bonds is 6. The summed E-state index contributed by atoms with van der Waals surface area (Å²) in [6, 6.07) is 4.61. The third kappa shape index (κ3) is 2.63. The second-order valence-corrected chi connectivity index (χ2v) is 5.01. The molecule has 1 aliphatic rings. The van der Waals surface area contributed by atoms with Crippen molar-refractivity contribution < 1.29 is 9.47 Å².